The lowest BCUT2D eigenvalue weighted by atomic mass is 9.82. The molecule has 2 aliphatic heterocycles. The van der Waals surface area contributed by atoms with Gasteiger partial charge in [-0.05, 0) is 50.0 Å². The first-order chi connectivity index (χ1) is 13.3. The van der Waals surface area contributed by atoms with E-state index in [1.165, 1.54) is 6.20 Å². The Morgan fingerprint density at radius 2 is 2.21 bits per heavy atom. The van der Waals surface area contributed by atoms with Gasteiger partial charge >= 0.3 is 12.0 Å². The molecule has 1 aromatic rings. The van der Waals surface area contributed by atoms with E-state index >= 15 is 0 Å². The number of carboxylic acids is 1. The molecule has 148 valence electrons. The Hall–Kier alpha value is -3.23. The molecule has 4 unspecified atom stereocenters. The molecule has 4 atom stereocenters. The van der Waals surface area contributed by atoms with Crippen molar-refractivity contribution in [2.75, 3.05) is 5.73 Å². The van der Waals surface area contributed by atoms with Gasteiger partial charge in [-0.15, -0.1) is 0 Å². The predicted octanol–water partition coefficient (Wildman–Crippen LogP) is 1.01. The second kappa shape index (κ2) is 7.79. The molecule has 9 nitrogen and oxygen atoms in total. The van der Waals surface area contributed by atoms with Crippen LogP contribution in [0.1, 0.15) is 25.8 Å². The maximum Gasteiger partial charge on any atom is 0.327 e. The lowest BCUT2D eigenvalue weighted by molar-refractivity contribution is -0.165. The zero-order chi connectivity index (χ0) is 20.4. The van der Waals surface area contributed by atoms with E-state index in [0.29, 0.717) is 5.56 Å². The van der Waals surface area contributed by atoms with E-state index in [-0.39, 0.29) is 24.3 Å². The molecule has 2 aliphatic rings. The minimum atomic E-state index is -1.22. The molecule has 0 radical (unpaired) electrons. The summed E-state index contributed by atoms with van der Waals surface area (Å²) in [6.45, 7) is 3.75. The zero-order valence-electron chi connectivity index (χ0n) is 15.7. The van der Waals surface area contributed by atoms with Gasteiger partial charge in [0.05, 0.1) is 18.0 Å². The number of aromatic nitrogens is 1. The van der Waals surface area contributed by atoms with Gasteiger partial charge in [0.2, 0.25) is 5.91 Å². The highest BCUT2D eigenvalue weighted by atomic mass is 16.4. The van der Waals surface area contributed by atoms with Crippen LogP contribution in [0.15, 0.2) is 35.0 Å². The highest BCUT2D eigenvalue weighted by molar-refractivity contribution is 6.07. The number of carbonyl (C=O) groups excluding carboxylic acids is 2. The molecule has 28 heavy (non-hydrogen) atoms. The summed E-state index contributed by atoms with van der Waals surface area (Å²) in [5.74, 6) is -2.28. The maximum absolute atomic E-state index is 12.5. The summed E-state index contributed by atoms with van der Waals surface area (Å²) in [5.41, 5.74) is 7.16. The Bertz CT molecular complexity index is 866. The monoisotopic (exact) mass is 385 g/mol. The van der Waals surface area contributed by atoms with Crippen molar-refractivity contribution < 1.29 is 19.5 Å². The number of carboxylic acid groups (broad SMARTS) is 1. The number of aliphatic imine (C=N–C) groups is 1. The van der Waals surface area contributed by atoms with Crippen molar-refractivity contribution in [3.63, 3.8) is 0 Å². The summed E-state index contributed by atoms with van der Waals surface area (Å²) >= 11 is 0. The number of anilines is 1. The number of rotatable bonds is 5. The number of urea groups is 1. The van der Waals surface area contributed by atoms with Crippen LogP contribution in [0.4, 0.5) is 10.6 Å². The third kappa shape index (κ3) is 3.88. The number of likely N-dealkylation sites (tertiary alicyclic amines) is 1. The van der Waals surface area contributed by atoms with E-state index < -0.39 is 29.9 Å². The number of nitrogen functional groups attached to an aromatic ring is 1. The van der Waals surface area contributed by atoms with Crippen molar-refractivity contribution in [2.24, 2.45) is 10.9 Å². The Morgan fingerprint density at radius 1 is 1.46 bits per heavy atom. The number of carbonyl (C=O) groups is 3. The Morgan fingerprint density at radius 3 is 2.82 bits per heavy atom. The van der Waals surface area contributed by atoms with Gasteiger partial charge in [0.25, 0.3) is 0 Å². The molecule has 0 aromatic carbocycles. The average Bonchev–Trinajstić information content (AvgIpc) is 2.63. The van der Waals surface area contributed by atoms with Crippen LogP contribution < -0.4 is 11.1 Å². The van der Waals surface area contributed by atoms with Crippen molar-refractivity contribution in [3.8, 4) is 0 Å². The molecule has 0 saturated carbocycles. The molecule has 0 spiro atoms. The van der Waals surface area contributed by atoms with Crippen LogP contribution in [0.2, 0.25) is 0 Å². The number of nitrogens with two attached hydrogens (primary N) is 1. The first-order valence-corrected chi connectivity index (χ1v) is 9.08. The SMILES string of the molecule is CC1CC=C(C(C)NC(=O)N2C(=O)C(Cc3ccnc(N)c3)C2C(=O)O)C=N1. The van der Waals surface area contributed by atoms with E-state index in [1.807, 2.05) is 13.0 Å². The van der Waals surface area contributed by atoms with Crippen LogP contribution in [0.3, 0.4) is 0 Å². The molecular weight excluding hydrogens is 362 g/mol. The molecule has 3 rings (SSSR count). The van der Waals surface area contributed by atoms with Gasteiger partial charge in [-0.25, -0.2) is 19.5 Å². The summed E-state index contributed by atoms with van der Waals surface area (Å²) in [7, 11) is 0. The number of β-lactam (4-membered cyclic amide) rings is 1. The fraction of sp³-hybridized carbons (Fsp3) is 0.421. The summed E-state index contributed by atoms with van der Waals surface area (Å²) in [4.78, 5) is 45.7. The Kier molecular flexibility index (Phi) is 5.43. The highest BCUT2D eigenvalue weighted by Gasteiger charge is 2.54. The summed E-state index contributed by atoms with van der Waals surface area (Å²) < 4.78 is 0. The number of nitrogens with one attached hydrogen (secondary N) is 1. The standard InChI is InChI=1S/C19H23N5O4/c1-10-3-4-13(9-22-10)11(2)23-19(28)24-16(18(26)27)14(17(24)25)7-12-5-6-21-15(20)8-12/h4-6,8-11,14,16H,3,7H2,1-2H3,(H2,20,21)(H,23,28)(H,26,27). The van der Waals surface area contributed by atoms with Crippen molar-refractivity contribution >= 4 is 29.9 Å². The smallest absolute Gasteiger partial charge is 0.327 e. The van der Waals surface area contributed by atoms with Gasteiger partial charge in [-0.1, -0.05) is 6.08 Å². The first-order valence-electron chi connectivity index (χ1n) is 9.08. The quantitative estimate of drug-likeness (QED) is 0.647. The maximum atomic E-state index is 12.5. The van der Waals surface area contributed by atoms with Gasteiger partial charge in [0.1, 0.15) is 5.82 Å². The van der Waals surface area contributed by atoms with Gasteiger partial charge in [0.15, 0.2) is 6.04 Å². The lowest BCUT2D eigenvalue weighted by Crippen LogP contribution is -2.69. The van der Waals surface area contributed by atoms with Crippen LogP contribution >= 0.6 is 0 Å². The largest absolute Gasteiger partial charge is 0.480 e. The molecule has 1 fully saturated rings. The van der Waals surface area contributed by atoms with E-state index in [2.05, 4.69) is 15.3 Å². The molecular formula is C19H23N5O4. The lowest BCUT2D eigenvalue weighted by Gasteiger charge is -2.43. The van der Waals surface area contributed by atoms with Gasteiger partial charge in [-0.3, -0.25) is 9.79 Å². The van der Waals surface area contributed by atoms with Gasteiger partial charge in [0, 0.05) is 12.4 Å². The number of aliphatic carboxylic acids is 1. The number of pyridine rings is 1. The number of amides is 3. The molecule has 3 amide bonds. The topological polar surface area (TPSA) is 138 Å². The number of dihydropyridines is 1. The second-order valence-corrected chi connectivity index (χ2v) is 7.13. The molecule has 1 saturated heterocycles. The van der Waals surface area contributed by atoms with Crippen molar-refractivity contribution in [1.29, 1.82) is 0 Å². The van der Waals surface area contributed by atoms with Gasteiger partial charge < -0.3 is 16.2 Å². The van der Waals surface area contributed by atoms with Crippen LogP contribution in [-0.2, 0) is 16.0 Å². The fourth-order valence-electron chi connectivity index (χ4n) is 3.39. The van der Waals surface area contributed by atoms with E-state index in [4.69, 9.17) is 5.73 Å². The number of hydrogen-bond donors (Lipinski definition) is 3. The zero-order valence-corrected chi connectivity index (χ0v) is 15.7. The normalized spacial score (nSPS) is 24.9. The minimum Gasteiger partial charge on any atom is -0.480 e. The minimum absolute atomic E-state index is 0.178. The number of imide groups is 1. The summed E-state index contributed by atoms with van der Waals surface area (Å²) in [5, 5.41) is 12.2. The van der Waals surface area contributed by atoms with Crippen LogP contribution in [-0.4, -0.2) is 57.2 Å². The molecule has 9 heteroatoms. The van der Waals surface area contributed by atoms with E-state index in [1.54, 1.807) is 25.3 Å². The third-order valence-corrected chi connectivity index (χ3v) is 5.00. The number of nitrogens with zero attached hydrogens (tertiary/aromatic N) is 3. The summed E-state index contributed by atoms with van der Waals surface area (Å²) in [6, 6.07) is 1.13. The fourth-order valence-corrected chi connectivity index (χ4v) is 3.39. The highest BCUT2D eigenvalue weighted by Crippen LogP contribution is 2.31. The molecule has 3 heterocycles. The van der Waals surface area contributed by atoms with Crippen LogP contribution in [0.5, 0.6) is 0 Å². The van der Waals surface area contributed by atoms with Crippen LogP contribution in [0.25, 0.3) is 0 Å². The summed E-state index contributed by atoms with van der Waals surface area (Å²) in [6.07, 6.45) is 6.12. The predicted molar refractivity (Wildman–Crippen MR) is 103 cm³/mol. The third-order valence-electron chi connectivity index (χ3n) is 5.00. The van der Waals surface area contributed by atoms with Crippen molar-refractivity contribution in [1.82, 2.24) is 15.2 Å². The van der Waals surface area contributed by atoms with E-state index in [9.17, 15) is 19.5 Å². The van der Waals surface area contributed by atoms with Crippen LogP contribution in [0, 0.1) is 5.92 Å². The van der Waals surface area contributed by atoms with Gasteiger partial charge in [-0.2, -0.15) is 0 Å². The van der Waals surface area contributed by atoms with E-state index in [0.717, 1.165) is 16.9 Å². The molecule has 1 aromatic heterocycles. The molecule has 0 aliphatic carbocycles. The Labute approximate surface area is 162 Å². The molecule has 0 bridgehead atoms. The average molecular weight is 385 g/mol. The second-order valence-electron chi connectivity index (χ2n) is 7.13. The first kappa shape index (κ1) is 19.5. The van der Waals surface area contributed by atoms with Crippen molar-refractivity contribution in [2.45, 2.75) is 44.8 Å². The number of hydrogen-bond acceptors (Lipinski definition) is 6. The Balaban J connectivity index is 1.68. The molecule has 4 N–H and O–H groups in total. The van der Waals surface area contributed by atoms with Crippen molar-refractivity contribution in [3.05, 3.63) is 35.5 Å².